The van der Waals surface area contributed by atoms with Gasteiger partial charge in [0.1, 0.15) is 11.6 Å². The maximum absolute atomic E-state index is 13.6. The zero-order valence-electron chi connectivity index (χ0n) is 9.58. The fourth-order valence-electron chi connectivity index (χ4n) is 1.38. The zero-order valence-corrected chi connectivity index (χ0v) is 12.0. The minimum atomic E-state index is -1.06. The molecule has 0 heterocycles. The minimum Gasteiger partial charge on any atom is -0.466 e. The fourth-order valence-corrected chi connectivity index (χ4v) is 1.73. The SMILES string of the molecule is CCOC(=O)C[C@@H](N)c1c(F)ccc(Br)c1F.Cl. The molecule has 0 bridgehead atoms. The van der Waals surface area contributed by atoms with Crippen LogP contribution in [0.1, 0.15) is 24.9 Å². The predicted octanol–water partition coefficient (Wildman–Crippen LogP) is 3.10. The Hall–Kier alpha value is -0.720. The Labute approximate surface area is 118 Å². The third kappa shape index (κ3) is 4.19. The number of benzene rings is 1. The highest BCUT2D eigenvalue weighted by Crippen LogP contribution is 2.27. The Kier molecular flexibility index (Phi) is 7.35. The molecule has 0 saturated carbocycles. The number of carbonyl (C=O) groups excluding carboxylic acids is 1. The van der Waals surface area contributed by atoms with E-state index in [9.17, 15) is 13.6 Å². The molecule has 0 unspecified atom stereocenters. The molecule has 0 amide bonds. The molecule has 1 rings (SSSR count). The molecule has 0 spiro atoms. The van der Waals surface area contributed by atoms with E-state index in [-0.39, 0.29) is 35.5 Å². The third-order valence-corrected chi connectivity index (χ3v) is 2.75. The van der Waals surface area contributed by atoms with E-state index >= 15 is 0 Å². The summed E-state index contributed by atoms with van der Waals surface area (Å²) < 4.78 is 31.8. The molecule has 2 N–H and O–H groups in total. The second-order valence-electron chi connectivity index (χ2n) is 3.37. The van der Waals surface area contributed by atoms with Gasteiger partial charge in [-0.25, -0.2) is 8.78 Å². The van der Waals surface area contributed by atoms with Gasteiger partial charge in [-0.1, -0.05) is 0 Å². The minimum absolute atomic E-state index is 0. The second-order valence-corrected chi connectivity index (χ2v) is 4.23. The molecule has 18 heavy (non-hydrogen) atoms. The maximum Gasteiger partial charge on any atom is 0.307 e. The third-order valence-electron chi connectivity index (χ3n) is 2.14. The van der Waals surface area contributed by atoms with Crippen molar-refractivity contribution >= 4 is 34.3 Å². The smallest absolute Gasteiger partial charge is 0.307 e. The van der Waals surface area contributed by atoms with Gasteiger partial charge in [-0.05, 0) is 35.0 Å². The quantitative estimate of drug-likeness (QED) is 0.674. The molecule has 7 heteroatoms. The number of nitrogens with two attached hydrogens (primary N) is 1. The van der Waals surface area contributed by atoms with E-state index in [1.165, 1.54) is 6.07 Å². The first-order chi connectivity index (χ1) is 7.97. The number of carbonyl (C=O) groups is 1. The van der Waals surface area contributed by atoms with Crippen molar-refractivity contribution in [2.24, 2.45) is 5.73 Å². The summed E-state index contributed by atoms with van der Waals surface area (Å²) in [5, 5.41) is 0. The Balaban J connectivity index is 0.00000289. The van der Waals surface area contributed by atoms with Crippen LogP contribution in [0, 0.1) is 11.6 Å². The van der Waals surface area contributed by atoms with Crippen LogP contribution >= 0.6 is 28.3 Å². The molecule has 0 radical (unpaired) electrons. The molecule has 0 aliphatic carbocycles. The van der Waals surface area contributed by atoms with E-state index in [4.69, 9.17) is 5.73 Å². The highest BCUT2D eigenvalue weighted by atomic mass is 79.9. The molecule has 0 fully saturated rings. The predicted molar refractivity (Wildman–Crippen MR) is 69.5 cm³/mol. The fraction of sp³-hybridized carbons (Fsp3) is 0.364. The molecular formula is C11H13BrClF2NO2. The van der Waals surface area contributed by atoms with Crippen molar-refractivity contribution in [2.75, 3.05) is 6.61 Å². The van der Waals surface area contributed by atoms with Crippen LogP contribution in [-0.4, -0.2) is 12.6 Å². The lowest BCUT2D eigenvalue weighted by atomic mass is 10.0. The lowest BCUT2D eigenvalue weighted by Gasteiger charge is -2.13. The lowest BCUT2D eigenvalue weighted by molar-refractivity contribution is -0.143. The highest BCUT2D eigenvalue weighted by Gasteiger charge is 2.21. The molecule has 102 valence electrons. The molecule has 0 saturated heterocycles. The van der Waals surface area contributed by atoms with E-state index in [0.29, 0.717) is 0 Å². The van der Waals surface area contributed by atoms with Crippen molar-refractivity contribution in [3.05, 3.63) is 33.8 Å². The van der Waals surface area contributed by atoms with E-state index < -0.39 is 23.6 Å². The van der Waals surface area contributed by atoms with Crippen LogP contribution in [0.3, 0.4) is 0 Å². The number of rotatable bonds is 4. The topological polar surface area (TPSA) is 52.3 Å². The van der Waals surface area contributed by atoms with Crippen molar-refractivity contribution in [3.63, 3.8) is 0 Å². The van der Waals surface area contributed by atoms with Crippen molar-refractivity contribution in [3.8, 4) is 0 Å². The van der Waals surface area contributed by atoms with Crippen molar-refractivity contribution in [2.45, 2.75) is 19.4 Å². The molecule has 1 aromatic carbocycles. The van der Waals surface area contributed by atoms with E-state index in [1.54, 1.807) is 6.92 Å². The molecule has 0 aromatic heterocycles. The largest absolute Gasteiger partial charge is 0.466 e. The van der Waals surface area contributed by atoms with E-state index in [2.05, 4.69) is 20.7 Å². The Morgan fingerprint density at radius 3 is 2.67 bits per heavy atom. The Morgan fingerprint density at radius 2 is 2.11 bits per heavy atom. The summed E-state index contributed by atoms with van der Waals surface area (Å²) in [6.45, 7) is 1.85. The first-order valence-electron chi connectivity index (χ1n) is 5.02. The summed E-state index contributed by atoms with van der Waals surface area (Å²) in [5.41, 5.74) is 5.28. The summed E-state index contributed by atoms with van der Waals surface area (Å²) in [6, 6.07) is 1.27. The zero-order chi connectivity index (χ0) is 13.0. The molecule has 1 aromatic rings. The molecule has 0 aliphatic rings. The average molecular weight is 345 g/mol. The summed E-state index contributed by atoms with van der Waals surface area (Å²) in [4.78, 5) is 11.2. The van der Waals surface area contributed by atoms with Crippen LogP contribution in [0.15, 0.2) is 16.6 Å². The van der Waals surface area contributed by atoms with E-state index in [0.717, 1.165) is 6.07 Å². The van der Waals surface area contributed by atoms with Gasteiger partial charge in [-0.15, -0.1) is 12.4 Å². The van der Waals surface area contributed by atoms with Crippen LogP contribution in [0.5, 0.6) is 0 Å². The van der Waals surface area contributed by atoms with Crippen molar-refractivity contribution < 1.29 is 18.3 Å². The number of esters is 1. The van der Waals surface area contributed by atoms with Crippen LogP contribution in [0.25, 0.3) is 0 Å². The standard InChI is InChI=1S/C11H12BrF2NO2.ClH/c1-2-17-9(16)5-8(15)10-7(13)4-3-6(12)11(10)14;/h3-4,8H,2,5,15H2,1H3;1H/t8-;/m1./s1. The van der Waals surface area contributed by atoms with Gasteiger partial charge in [-0.2, -0.15) is 0 Å². The van der Waals surface area contributed by atoms with Gasteiger partial charge >= 0.3 is 5.97 Å². The molecular weight excluding hydrogens is 331 g/mol. The van der Waals surface area contributed by atoms with Gasteiger partial charge in [0.2, 0.25) is 0 Å². The summed E-state index contributed by atoms with van der Waals surface area (Å²) in [5.74, 6) is -2.15. The van der Waals surface area contributed by atoms with Gasteiger partial charge in [0.05, 0.1) is 17.5 Å². The monoisotopic (exact) mass is 343 g/mol. The number of hydrogen-bond donors (Lipinski definition) is 1. The number of halogens is 4. The van der Waals surface area contributed by atoms with Crippen LogP contribution in [-0.2, 0) is 9.53 Å². The maximum atomic E-state index is 13.6. The van der Waals surface area contributed by atoms with Gasteiger partial charge in [-0.3, -0.25) is 4.79 Å². The summed E-state index contributed by atoms with van der Waals surface area (Å²) in [6.07, 6.45) is -0.266. The van der Waals surface area contributed by atoms with Crippen molar-refractivity contribution in [1.82, 2.24) is 0 Å². The molecule has 0 aliphatic heterocycles. The Morgan fingerprint density at radius 1 is 1.50 bits per heavy atom. The van der Waals surface area contributed by atoms with Crippen LogP contribution in [0.2, 0.25) is 0 Å². The summed E-state index contributed by atoms with van der Waals surface area (Å²) >= 11 is 2.93. The van der Waals surface area contributed by atoms with Gasteiger partial charge in [0.25, 0.3) is 0 Å². The van der Waals surface area contributed by atoms with E-state index in [1.807, 2.05) is 0 Å². The first-order valence-corrected chi connectivity index (χ1v) is 5.81. The number of ether oxygens (including phenoxy) is 1. The van der Waals surface area contributed by atoms with Crippen LogP contribution in [0.4, 0.5) is 8.78 Å². The molecule has 1 atom stereocenters. The van der Waals surface area contributed by atoms with Gasteiger partial charge in [0, 0.05) is 11.6 Å². The highest BCUT2D eigenvalue weighted by molar-refractivity contribution is 9.10. The van der Waals surface area contributed by atoms with Gasteiger partial charge < -0.3 is 10.5 Å². The van der Waals surface area contributed by atoms with Crippen LogP contribution < -0.4 is 5.73 Å². The van der Waals surface area contributed by atoms with Gasteiger partial charge in [0.15, 0.2) is 0 Å². The summed E-state index contributed by atoms with van der Waals surface area (Å²) in [7, 11) is 0. The average Bonchev–Trinajstić information content (AvgIpc) is 2.24. The number of hydrogen-bond acceptors (Lipinski definition) is 3. The molecule has 3 nitrogen and oxygen atoms in total. The Bertz CT molecular complexity index is 432. The van der Waals surface area contributed by atoms with Crippen molar-refractivity contribution in [1.29, 1.82) is 0 Å². The second kappa shape index (κ2) is 7.66. The lowest BCUT2D eigenvalue weighted by Crippen LogP contribution is -2.20. The first kappa shape index (κ1) is 17.3. The normalized spacial score (nSPS) is 11.6.